The molecule has 1 N–H and O–H groups in total. The van der Waals surface area contributed by atoms with Gasteiger partial charge in [-0.2, -0.15) is 5.26 Å². The monoisotopic (exact) mass is 226 g/mol. The van der Waals surface area contributed by atoms with Crippen LogP contribution in [0.2, 0.25) is 0 Å². The third-order valence-corrected chi connectivity index (χ3v) is 2.92. The van der Waals surface area contributed by atoms with Crippen molar-refractivity contribution in [3.05, 3.63) is 40.4 Å². The number of nitriles is 1. The van der Waals surface area contributed by atoms with Crippen molar-refractivity contribution in [1.82, 2.24) is 0 Å². The highest BCUT2D eigenvalue weighted by Gasteiger charge is 2.17. The van der Waals surface area contributed by atoms with Crippen LogP contribution in [0.25, 0.3) is 11.3 Å². The van der Waals surface area contributed by atoms with Crippen LogP contribution in [-0.4, -0.2) is 0 Å². The summed E-state index contributed by atoms with van der Waals surface area (Å²) in [5.74, 6) is 1.01. The van der Waals surface area contributed by atoms with Crippen molar-refractivity contribution in [3.8, 4) is 17.4 Å². The summed E-state index contributed by atoms with van der Waals surface area (Å²) in [6.07, 6.45) is 0. The molecule has 0 amide bonds. The van der Waals surface area contributed by atoms with E-state index in [1.165, 1.54) is 0 Å². The topological polar surface area (TPSA) is 60.8 Å². The molecule has 0 fully saturated rings. The van der Waals surface area contributed by atoms with Crippen LogP contribution in [0.1, 0.15) is 36.5 Å². The quantitative estimate of drug-likeness (QED) is 0.811. The van der Waals surface area contributed by atoms with E-state index in [1.54, 1.807) is 0 Å². The van der Waals surface area contributed by atoms with Crippen molar-refractivity contribution in [2.75, 3.05) is 0 Å². The van der Waals surface area contributed by atoms with E-state index in [1.807, 2.05) is 31.2 Å². The Labute approximate surface area is 100 Å². The van der Waals surface area contributed by atoms with E-state index in [4.69, 9.17) is 15.1 Å². The SMILES string of the molecule is Cc1ccc(C(C)C)cc2c(C#N)c(=N)oc1-2. The summed E-state index contributed by atoms with van der Waals surface area (Å²) >= 11 is 0. The van der Waals surface area contributed by atoms with Gasteiger partial charge in [-0.25, -0.2) is 0 Å². The molecule has 0 saturated heterocycles. The Bertz CT molecular complexity index is 632. The molecule has 1 aliphatic carbocycles. The van der Waals surface area contributed by atoms with Gasteiger partial charge in [0.1, 0.15) is 17.4 Å². The molecule has 0 bridgehead atoms. The van der Waals surface area contributed by atoms with Crippen molar-refractivity contribution in [2.45, 2.75) is 26.7 Å². The number of rotatable bonds is 1. The van der Waals surface area contributed by atoms with Crippen LogP contribution in [-0.2, 0) is 0 Å². The highest BCUT2D eigenvalue weighted by Crippen LogP contribution is 2.29. The molecule has 3 heteroatoms. The normalized spacial score (nSPS) is 10.8. The Morgan fingerprint density at radius 3 is 2.65 bits per heavy atom. The fourth-order valence-corrected chi connectivity index (χ4v) is 1.86. The molecule has 1 aliphatic heterocycles. The minimum Gasteiger partial charge on any atom is -0.437 e. The van der Waals surface area contributed by atoms with Gasteiger partial charge in [0.2, 0.25) is 5.55 Å². The van der Waals surface area contributed by atoms with Gasteiger partial charge >= 0.3 is 0 Å². The largest absolute Gasteiger partial charge is 0.437 e. The maximum absolute atomic E-state index is 9.08. The average molecular weight is 226 g/mol. The summed E-state index contributed by atoms with van der Waals surface area (Å²) in [6, 6.07) is 8.01. The van der Waals surface area contributed by atoms with E-state index in [0.717, 1.165) is 16.7 Å². The van der Waals surface area contributed by atoms with Gasteiger partial charge in [0.15, 0.2) is 0 Å². The molecule has 0 saturated carbocycles. The fraction of sp³-hybridized carbons (Fsp3) is 0.286. The molecule has 17 heavy (non-hydrogen) atoms. The van der Waals surface area contributed by atoms with Gasteiger partial charge in [0.25, 0.3) is 0 Å². The molecule has 2 aliphatic rings. The van der Waals surface area contributed by atoms with Gasteiger partial charge in [0.05, 0.1) is 0 Å². The number of furan rings is 1. The van der Waals surface area contributed by atoms with Crippen LogP contribution in [0.4, 0.5) is 0 Å². The highest BCUT2D eigenvalue weighted by molar-refractivity contribution is 5.69. The molecule has 0 spiro atoms. The molecule has 86 valence electrons. The van der Waals surface area contributed by atoms with Gasteiger partial charge in [0, 0.05) is 5.56 Å². The van der Waals surface area contributed by atoms with Gasteiger partial charge in [-0.3, -0.25) is 5.41 Å². The highest BCUT2D eigenvalue weighted by atomic mass is 16.3. The van der Waals surface area contributed by atoms with Gasteiger partial charge in [-0.15, -0.1) is 0 Å². The van der Waals surface area contributed by atoms with Crippen molar-refractivity contribution < 1.29 is 4.42 Å². The lowest BCUT2D eigenvalue weighted by atomic mass is 10.0. The molecule has 2 rings (SSSR count). The maximum Gasteiger partial charge on any atom is 0.230 e. The molecule has 0 radical (unpaired) electrons. The first-order valence-corrected chi connectivity index (χ1v) is 5.56. The Morgan fingerprint density at radius 1 is 1.35 bits per heavy atom. The number of hydrogen-bond donors (Lipinski definition) is 1. The van der Waals surface area contributed by atoms with Crippen molar-refractivity contribution in [3.63, 3.8) is 0 Å². The van der Waals surface area contributed by atoms with Crippen LogP contribution in [0, 0.1) is 23.7 Å². The van der Waals surface area contributed by atoms with Crippen LogP contribution in [0.3, 0.4) is 0 Å². The van der Waals surface area contributed by atoms with Crippen LogP contribution in [0.5, 0.6) is 0 Å². The van der Waals surface area contributed by atoms with E-state index >= 15 is 0 Å². The van der Waals surface area contributed by atoms with Crippen LogP contribution < -0.4 is 5.55 Å². The lowest BCUT2D eigenvalue weighted by molar-refractivity contribution is 0.516. The molecule has 3 nitrogen and oxygen atoms in total. The summed E-state index contributed by atoms with van der Waals surface area (Å²) < 4.78 is 5.36. The first-order chi connectivity index (χ1) is 8.04. The minimum absolute atomic E-state index is 0.0495. The second kappa shape index (κ2) is 4.06. The zero-order valence-electron chi connectivity index (χ0n) is 10.2. The zero-order chi connectivity index (χ0) is 12.6. The number of aryl methyl sites for hydroxylation is 1. The van der Waals surface area contributed by atoms with E-state index < -0.39 is 0 Å². The van der Waals surface area contributed by atoms with Gasteiger partial charge < -0.3 is 4.42 Å². The first kappa shape index (κ1) is 11.4. The standard InChI is InChI=1S/C14H14N2O/c1-8(2)10-5-4-9(3)13-11(6-10)12(7-15)14(16)17-13/h4-6,8,16H,1-3H3. The summed E-state index contributed by atoms with van der Waals surface area (Å²) in [5.41, 5.74) is 3.10. The zero-order valence-corrected chi connectivity index (χ0v) is 10.2. The molecule has 0 atom stereocenters. The molecular weight excluding hydrogens is 212 g/mol. The molecule has 1 heterocycles. The van der Waals surface area contributed by atoms with Crippen molar-refractivity contribution >= 4 is 0 Å². The maximum atomic E-state index is 9.08. The Kier molecular flexibility index (Phi) is 2.72. The third kappa shape index (κ3) is 1.83. The molecule has 0 aromatic carbocycles. The molecule has 0 aromatic rings. The summed E-state index contributed by atoms with van der Waals surface area (Å²) in [4.78, 5) is 0. The van der Waals surface area contributed by atoms with E-state index in [-0.39, 0.29) is 5.55 Å². The summed E-state index contributed by atoms with van der Waals surface area (Å²) in [7, 11) is 0. The Morgan fingerprint density at radius 2 is 2.06 bits per heavy atom. The van der Waals surface area contributed by atoms with E-state index in [2.05, 4.69) is 13.8 Å². The first-order valence-electron chi connectivity index (χ1n) is 5.56. The molecular formula is C14H14N2O. The molecule has 0 aromatic heterocycles. The number of fused-ring (bicyclic) bond motifs is 1. The Hall–Kier alpha value is -2.08. The predicted octanol–water partition coefficient (Wildman–Crippen LogP) is 3.17. The van der Waals surface area contributed by atoms with Crippen molar-refractivity contribution in [2.24, 2.45) is 0 Å². The summed E-state index contributed by atoms with van der Waals surface area (Å²) in [6.45, 7) is 6.13. The minimum atomic E-state index is -0.0495. The Balaban J connectivity index is 2.87. The van der Waals surface area contributed by atoms with Gasteiger partial charge in [-0.1, -0.05) is 26.0 Å². The smallest absolute Gasteiger partial charge is 0.230 e. The van der Waals surface area contributed by atoms with Crippen LogP contribution in [0.15, 0.2) is 22.6 Å². The fourth-order valence-electron chi connectivity index (χ4n) is 1.86. The second-order valence-electron chi connectivity index (χ2n) is 4.48. The molecule has 0 unspecified atom stereocenters. The lowest BCUT2D eigenvalue weighted by Crippen LogP contribution is -1.96. The predicted molar refractivity (Wildman–Crippen MR) is 64.7 cm³/mol. The van der Waals surface area contributed by atoms with Gasteiger partial charge in [-0.05, 0) is 30.0 Å². The van der Waals surface area contributed by atoms with Crippen molar-refractivity contribution in [1.29, 1.82) is 10.7 Å². The summed E-state index contributed by atoms with van der Waals surface area (Å²) in [5, 5.41) is 16.7. The number of nitrogens with one attached hydrogen (secondary N) is 1. The number of nitrogens with zero attached hydrogens (tertiary/aromatic N) is 1. The lowest BCUT2D eigenvalue weighted by Gasteiger charge is -2.01. The van der Waals surface area contributed by atoms with E-state index in [9.17, 15) is 0 Å². The van der Waals surface area contributed by atoms with E-state index in [0.29, 0.717) is 17.2 Å². The third-order valence-electron chi connectivity index (χ3n) is 2.92. The number of hydrogen-bond acceptors (Lipinski definition) is 3. The van der Waals surface area contributed by atoms with Crippen LogP contribution >= 0.6 is 0 Å². The second-order valence-corrected chi connectivity index (χ2v) is 4.48. The average Bonchev–Trinajstić information content (AvgIpc) is 2.50.